The average molecular weight is 330 g/mol. The molecule has 0 atom stereocenters. The first-order valence-corrected chi connectivity index (χ1v) is 8.86. The predicted molar refractivity (Wildman–Crippen MR) is 91.5 cm³/mol. The van der Waals surface area contributed by atoms with Crippen molar-refractivity contribution in [2.45, 2.75) is 57.5 Å². The smallest absolute Gasteiger partial charge is 0.235 e. The Labute approximate surface area is 143 Å². The molecule has 2 amide bonds. The number of carbonyl (C=O) groups excluding carboxylic acids is 2. The van der Waals surface area contributed by atoms with Gasteiger partial charge in [0.05, 0.1) is 7.11 Å². The van der Waals surface area contributed by atoms with Crippen molar-refractivity contribution in [3.8, 4) is 5.75 Å². The van der Waals surface area contributed by atoms with Gasteiger partial charge in [0.1, 0.15) is 11.2 Å². The molecular formula is C19H26N2O3. The third kappa shape index (κ3) is 3.71. The van der Waals surface area contributed by atoms with Gasteiger partial charge in [0.25, 0.3) is 0 Å². The molecule has 2 aliphatic rings. The number of carbonyl (C=O) groups is 2. The third-order valence-corrected chi connectivity index (χ3v) is 5.17. The Hall–Kier alpha value is -2.04. The van der Waals surface area contributed by atoms with Crippen molar-refractivity contribution in [3.05, 3.63) is 29.8 Å². The van der Waals surface area contributed by atoms with E-state index in [1.807, 2.05) is 24.3 Å². The summed E-state index contributed by atoms with van der Waals surface area (Å²) >= 11 is 0. The van der Waals surface area contributed by atoms with Crippen LogP contribution in [0.5, 0.6) is 5.75 Å². The second-order valence-corrected chi connectivity index (χ2v) is 6.92. The molecule has 2 fully saturated rings. The lowest BCUT2D eigenvalue weighted by molar-refractivity contribution is -0.137. The van der Waals surface area contributed by atoms with Crippen LogP contribution in [0.4, 0.5) is 0 Å². The molecule has 5 nitrogen and oxygen atoms in total. The van der Waals surface area contributed by atoms with Gasteiger partial charge < -0.3 is 15.4 Å². The van der Waals surface area contributed by atoms with Crippen LogP contribution in [0.1, 0.15) is 50.5 Å². The zero-order valence-corrected chi connectivity index (χ0v) is 14.3. The molecular weight excluding hydrogens is 304 g/mol. The van der Waals surface area contributed by atoms with Gasteiger partial charge in [-0.3, -0.25) is 9.59 Å². The Morgan fingerprint density at radius 1 is 1.08 bits per heavy atom. The van der Waals surface area contributed by atoms with Crippen LogP contribution in [0.3, 0.4) is 0 Å². The van der Waals surface area contributed by atoms with Crippen molar-refractivity contribution in [1.82, 2.24) is 10.6 Å². The van der Waals surface area contributed by atoms with Crippen LogP contribution in [0.25, 0.3) is 0 Å². The summed E-state index contributed by atoms with van der Waals surface area (Å²) in [5, 5.41) is 6.02. The Bertz CT molecular complexity index is 587. The number of methoxy groups -OCH3 is 1. The van der Waals surface area contributed by atoms with Crippen molar-refractivity contribution in [3.63, 3.8) is 0 Å². The lowest BCUT2D eigenvalue weighted by atomic mass is 9.94. The molecule has 0 unspecified atom stereocenters. The zero-order chi connectivity index (χ0) is 17.0. The number of hydrogen-bond acceptors (Lipinski definition) is 3. The first-order valence-electron chi connectivity index (χ1n) is 8.86. The number of nitrogens with one attached hydrogen (secondary N) is 2. The monoisotopic (exact) mass is 330 g/mol. The highest BCUT2D eigenvalue weighted by Gasteiger charge is 2.56. The highest BCUT2D eigenvalue weighted by molar-refractivity contribution is 6.07. The fourth-order valence-corrected chi connectivity index (χ4v) is 3.35. The van der Waals surface area contributed by atoms with Gasteiger partial charge in [-0.05, 0) is 43.4 Å². The normalized spacial score (nSPS) is 19.4. The van der Waals surface area contributed by atoms with E-state index in [-0.39, 0.29) is 17.9 Å². The molecule has 0 radical (unpaired) electrons. The van der Waals surface area contributed by atoms with Crippen LogP contribution >= 0.6 is 0 Å². The van der Waals surface area contributed by atoms with Crippen molar-refractivity contribution in [2.75, 3.05) is 7.11 Å². The minimum Gasteiger partial charge on any atom is -0.497 e. The van der Waals surface area contributed by atoms with Crippen LogP contribution in [-0.2, 0) is 16.1 Å². The van der Waals surface area contributed by atoms with E-state index in [9.17, 15) is 9.59 Å². The second kappa shape index (κ2) is 7.24. The first-order chi connectivity index (χ1) is 11.6. The minimum atomic E-state index is -0.829. The van der Waals surface area contributed by atoms with E-state index < -0.39 is 5.41 Å². The lowest BCUT2D eigenvalue weighted by Gasteiger charge is -2.25. The van der Waals surface area contributed by atoms with Crippen molar-refractivity contribution in [2.24, 2.45) is 5.41 Å². The number of rotatable bonds is 6. The maximum absolute atomic E-state index is 12.5. The summed E-state index contributed by atoms with van der Waals surface area (Å²) in [6.45, 7) is 0.432. The maximum Gasteiger partial charge on any atom is 0.235 e. The van der Waals surface area contributed by atoms with Crippen molar-refractivity contribution >= 4 is 11.8 Å². The molecule has 0 spiro atoms. The van der Waals surface area contributed by atoms with E-state index in [1.54, 1.807) is 7.11 Å². The van der Waals surface area contributed by atoms with Gasteiger partial charge in [0.15, 0.2) is 0 Å². The number of amides is 2. The summed E-state index contributed by atoms with van der Waals surface area (Å²) in [6, 6.07) is 7.81. The summed E-state index contributed by atoms with van der Waals surface area (Å²) in [4.78, 5) is 25.1. The summed E-state index contributed by atoms with van der Waals surface area (Å²) in [6.07, 6.45) is 6.97. The Morgan fingerprint density at radius 2 is 1.75 bits per heavy atom. The highest BCUT2D eigenvalue weighted by Crippen LogP contribution is 2.46. The fourth-order valence-electron chi connectivity index (χ4n) is 3.35. The Balaban J connectivity index is 1.52. The highest BCUT2D eigenvalue weighted by atomic mass is 16.5. The van der Waals surface area contributed by atoms with Crippen LogP contribution < -0.4 is 15.4 Å². The first kappa shape index (κ1) is 16.8. The summed E-state index contributed by atoms with van der Waals surface area (Å²) < 4.78 is 5.12. The number of benzene rings is 1. The van der Waals surface area contributed by atoms with Gasteiger partial charge in [-0.2, -0.15) is 0 Å². The summed E-state index contributed by atoms with van der Waals surface area (Å²) in [7, 11) is 1.62. The van der Waals surface area contributed by atoms with Crippen LogP contribution in [0.15, 0.2) is 24.3 Å². The molecule has 2 saturated carbocycles. The van der Waals surface area contributed by atoms with E-state index in [1.165, 1.54) is 19.3 Å². The predicted octanol–water partition coefficient (Wildman–Crippen LogP) is 2.54. The third-order valence-electron chi connectivity index (χ3n) is 5.17. The molecule has 130 valence electrons. The number of hydrogen-bond donors (Lipinski definition) is 2. The van der Waals surface area contributed by atoms with E-state index in [2.05, 4.69) is 10.6 Å². The van der Waals surface area contributed by atoms with E-state index in [0.29, 0.717) is 19.4 Å². The molecule has 0 aromatic heterocycles. The topological polar surface area (TPSA) is 67.4 Å². The molecule has 2 aliphatic carbocycles. The minimum absolute atomic E-state index is 0.0818. The average Bonchev–Trinajstić information content (AvgIpc) is 3.43. The van der Waals surface area contributed by atoms with Crippen LogP contribution in [0, 0.1) is 5.41 Å². The van der Waals surface area contributed by atoms with Crippen LogP contribution in [-0.4, -0.2) is 25.0 Å². The second-order valence-electron chi connectivity index (χ2n) is 6.92. The number of ether oxygens (including phenoxy) is 1. The van der Waals surface area contributed by atoms with E-state index in [0.717, 1.165) is 24.2 Å². The SMILES string of the molecule is COc1ccc(CNC(=O)C2(C(=O)NC3CCCCC3)CC2)cc1. The molecule has 24 heavy (non-hydrogen) atoms. The molecule has 2 N–H and O–H groups in total. The molecule has 0 heterocycles. The Morgan fingerprint density at radius 3 is 2.33 bits per heavy atom. The molecule has 0 aliphatic heterocycles. The van der Waals surface area contributed by atoms with Gasteiger partial charge in [0.2, 0.25) is 11.8 Å². The van der Waals surface area contributed by atoms with Gasteiger partial charge >= 0.3 is 0 Å². The van der Waals surface area contributed by atoms with Crippen LogP contribution in [0.2, 0.25) is 0 Å². The van der Waals surface area contributed by atoms with Gasteiger partial charge in [-0.15, -0.1) is 0 Å². The van der Waals surface area contributed by atoms with Gasteiger partial charge in [0, 0.05) is 12.6 Å². The van der Waals surface area contributed by atoms with E-state index in [4.69, 9.17) is 4.74 Å². The standard InChI is InChI=1S/C19H26N2O3/c1-24-16-9-7-14(8-10-16)13-20-17(22)19(11-12-19)18(23)21-15-5-3-2-4-6-15/h7-10,15H,2-6,11-13H2,1H3,(H,20,22)(H,21,23). The fraction of sp³-hybridized carbons (Fsp3) is 0.579. The summed E-state index contributed by atoms with van der Waals surface area (Å²) in [5.74, 6) is 0.559. The molecule has 1 aromatic rings. The molecule has 3 rings (SSSR count). The lowest BCUT2D eigenvalue weighted by Crippen LogP contribution is -2.46. The molecule has 0 saturated heterocycles. The maximum atomic E-state index is 12.5. The van der Waals surface area contributed by atoms with Crippen molar-refractivity contribution < 1.29 is 14.3 Å². The Kier molecular flexibility index (Phi) is 5.07. The largest absolute Gasteiger partial charge is 0.497 e. The van der Waals surface area contributed by atoms with E-state index >= 15 is 0 Å². The summed E-state index contributed by atoms with van der Waals surface area (Å²) in [5.41, 5.74) is 0.164. The van der Waals surface area contributed by atoms with Crippen molar-refractivity contribution in [1.29, 1.82) is 0 Å². The molecule has 1 aromatic carbocycles. The molecule has 5 heteroatoms. The van der Waals surface area contributed by atoms with Gasteiger partial charge in [-0.1, -0.05) is 31.4 Å². The quantitative estimate of drug-likeness (QED) is 0.788. The zero-order valence-electron chi connectivity index (χ0n) is 14.3. The molecule has 0 bridgehead atoms. The van der Waals surface area contributed by atoms with Gasteiger partial charge in [-0.25, -0.2) is 0 Å².